The molecule has 2 heterocycles. The smallest absolute Gasteiger partial charge is 0.253 e. The van der Waals surface area contributed by atoms with Crippen molar-refractivity contribution >= 4 is 17.6 Å². The van der Waals surface area contributed by atoms with Gasteiger partial charge < -0.3 is 20.3 Å². The molecule has 3 unspecified atom stereocenters. The van der Waals surface area contributed by atoms with Gasteiger partial charge in [-0.25, -0.2) is 4.98 Å². The van der Waals surface area contributed by atoms with Crippen LogP contribution in [0, 0.1) is 18.8 Å². The van der Waals surface area contributed by atoms with Crippen LogP contribution in [0.4, 0.5) is 5.82 Å². The summed E-state index contributed by atoms with van der Waals surface area (Å²) in [4.78, 5) is 32.6. The average Bonchev–Trinajstić information content (AvgIpc) is 3.26. The van der Waals surface area contributed by atoms with Gasteiger partial charge in [-0.1, -0.05) is 19.9 Å². The molecule has 2 aromatic rings. The first-order chi connectivity index (χ1) is 16.8. The Labute approximate surface area is 208 Å². The van der Waals surface area contributed by atoms with E-state index in [2.05, 4.69) is 34.4 Å². The topological polar surface area (TPSA) is 83.6 Å². The van der Waals surface area contributed by atoms with Crippen molar-refractivity contribution < 1.29 is 14.3 Å². The molecule has 2 aliphatic rings. The molecule has 4 atom stereocenters. The van der Waals surface area contributed by atoms with Gasteiger partial charge in [-0.15, -0.1) is 0 Å². The van der Waals surface area contributed by atoms with Gasteiger partial charge in [-0.3, -0.25) is 9.59 Å². The molecule has 1 aliphatic heterocycles. The number of fused-ring (bicyclic) bond motifs is 1. The fraction of sp³-hybridized carbons (Fsp3) is 0.536. The number of aromatic nitrogens is 1. The number of benzene rings is 1. The molecule has 0 bridgehead atoms. The van der Waals surface area contributed by atoms with Crippen LogP contribution < -0.4 is 20.3 Å². The van der Waals surface area contributed by atoms with Crippen LogP contribution in [0.25, 0.3) is 0 Å². The van der Waals surface area contributed by atoms with E-state index in [0.29, 0.717) is 29.0 Å². The molecule has 7 nitrogen and oxygen atoms in total. The Morgan fingerprint density at radius 3 is 2.60 bits per heavy atom. The summed E-state index contributed by atoms with van der Waals surface area (Å²) >= 11 is 0. The minimum Gasteiger partial charge on any atom is -0.496 e. The highest BCUT2D eigenvalue weighted by molar-refractivity contribution is 5.96. The second-order valence-corrected chi connectivity index (χ2v) is 10.3. The largest absolute Gasteiger partial charge is 0.496 e. The normalized spacial score (nSPS) is 22.5. The Balaban J connectivity index is 1.41. The number of anilines is 1. The number of carbonyl (C=O) groups is 2. The Bertz CT molecular complexity index is 1050. The Morgan fingerprint density at radius 2 is 1.91 bits per heavy atom. The number of hydrogen-bond acceptors (Lipinski definition) is 5. The third-order valence-corrected chi connectivity index (χ3v) is 7.78. The standard InChI is InChI=1S/C28H38N4O3/c1-17(2)19(4)30-27(33)21-11-12-26(29-16-21)32-13-7-8-20-14-22(15-24(20)32)31-28(34)23-9-6-10-25(35-5)18(23)3/h6,9-12,16-17,19-20,22,24H,7-8,13-15H2,1-5H3,(H,30,33)(H,31,34)/t19-,20?,22?,24?/m1/s1. The van der Waals surface area contributed by atoms with Crippen LogP contribution in [0.2, 0.25) is 0 Å². The number of nitrogens with zero attached hydrogens (tertiary/aromatic N) is 2. The third kappa shape index (κ3) is 5.44. The molecule has 7 heteroatoms. The van der Waals surface area contributed by atoms with Crippen LogP contribution in [0.1, 0.15) is 72.7 Å². The summed E-state index contributed by atoms with van der Waals surface area (Å²) in [5.41, 5.74) is 2.11. The Kier molecular flexibility index (Phi) is 7.63. The summed E-state index contributed by atoms with van der Waals surface area (Å²) in [6, 6.07) is 10.00. The van der Waals surface area contributed by atoms with Crippen LogP contribution in [0.5, 0.6) is 5.75 Å². The molecule has 2 amide bonds. The van der Waals surface area contributed by atoms with E-state index in [1.54, 1.807) is 13.3 Å². The van der Waals surface area contributed by atoms with Crippen LogP contribution in [-0.4, -0.2) is 48.6 Å². The first kappa shape index (κ1) is 25.0. The van der Waals surface area contributed by atoms with Crippen molar-refractivity contribution in [3.8, 4) is 5.75 Å². The molecule has 1 aliphatic carbocycles. The number of methoxy groups -OCH3 is 1. The molecule has 188 valence electrons. The highest BCUT2D eigenvalue weighted by Gasteiger charge is 2.41. The molecule has 35 heavy (non-hydrogen) atoms. The van der Waals surface area contributed by atoms with E-state index >= 15 is 0 Å². The van der Waals surface area contributed by atoms with E-state index in [4.69, 9.17) is 4.74 Å². The number of amides is 2. The van der Waals surface area contributed by atoms with E-state index in [0.717, 1.165) is 42.9 Å². The molecule has 0 spiro atoms. The van der Waals surface area contributed by atoms with Crippen molar-refractivity contribution in [1.82, 2.24) is 15.6 Å². The van der Waals surface area contributed by atoms with Crippen LogP contribution in [0.15, 0.2) is 36.5 Å². The Hall–Kier alpha value is -3.09. The fourth-order valence-electron chi connectivity index (χ4n) is 5.38. The van der Waals surface area contributed by atoms with Crippen molar-refractivity contribution in [3.05, 3.63) is 53.2 Å². The lowest BCUT2D eigenvalue weighted by atomic mass is 9.92. The lowest BCUT2D eigenvalue weighted by Crippen LogP contribution is -2.43. The second-order valence-electron chi connectivity index (χ2n) is 10.3. The zero-order chi connectivity index (χ0) is 25.1. The summed E-state index contributed by atoms with van der Waals surface area (Å²) < 4.78 is 5.38. The zero-order valence-electron chi connectivity index (χ0n) is 21.5. The number of carbonyl (C=O) groups excluding carboxylic acids is 2. The van der Waals surface area contributed by atoms with Crippen molar-refractivity contribution in [2.45, 2.75) is 71.5 Å². The van der Waals surface area contributed by atoms with Gasteiger partial charge in [0, 0.05) is 42.0 Å². The van der Waals surface area contributed by atoms with E-state index in [1.807, 2.05) is 44.2 Å². The van der Waals surface area contributed by atoms with Crippen LogP contribution in [0.3, 0.4) is 0 Å². The van der Waals surface area contributed by atoms with E-state index < -0.39 is 0 Å². The monoisotopic (exact) mass is 478 g/mol. The predicted octanol–water partition coefficient (Wildman–Crippen LogP) is 4.35. The number of hydrogen-bond donors (Lipinski definition) is 2. The van der Waals surface area contributed by atoms with Gasteiger partial charge in [-0.05, 0) is 75.6 Å². The quantitative estimate of drug-likeness (QED) is 0.618. The van der Waals surface area contributed by atoms with Gasteiger partial charge in [0.1, 0.15) is 11.6 Å². The first-order valence-corrected chi connectivity index (χ1v) is 12.8. The first-order valence-electron chi connectivity index (χ1n) is 12.8. The number of piperidine rings is 1. The maximum Gasteiger partial charge on any atom is 0.253 e. The van der Waals surface area contributed by atoms with E-state index in [1.165, 1.54) is 6.42 Å². The third-order valence-electron chi connectivity index (χ3n) is 7.78. The molecule has 1 saturated carbocycles. The van der Waals surface area contributed by atoms with Gasteiger partial charge in [0.15, 0.2) is 0 Å². The van der Waals surface area contributed by atoms with Gasteiger partial charge in [0.05, 0.1) is 12.7 Å². The fourth-order valence-corrected chi connectivity index (χ4v) is 5.38. The van der Waals surface area contributed by atoms with Crippen molar-refractivity contribution in [3.63, 3.8) is 0 Å². The van der Waals surface area contributed by atoms with Gasteiger partial charge >= 0.3 is 0 Å². The summed E-state index contributed by atoms with van der Waals surface area (Å²) in [6.45, 7) is 9.06. The molecule has 1 aromatic heterocycles. The molecule has 4 rings (SSSR count). The van der Waals surface area contributed by atoms with Gasteiger partial charge in [-0.2, -0.15) is 0 Å². The van der Waals surface area contributed by atoms with Crippen molar-refractivity contribution in [1.29, 1.82) is 0 Å². The van der Waals surface area contributed by atoms with E-state index in [-0.39, 0.29) is 23.9 Å². The minimum atomic E-state index is -0.0850. The number of rotatable bonds is 7. The molecular formula is C28H38N4O3. The lowest BCUT2D eigenvalue weighted by Gasteiger charge is -2.38. The molecule has 1 saturated heterocycles. The Morgan fingerprint density at radius 1 is 1.11 bits per heavy atom. The summed E-state index contributed by atoms with van der Waals surface area (Å²) in [6.07, 6.45) is 5.83. The number of pyridine rings is 1. The summed E-state index contributed by atoms with van der Waals surface area (Å²) in [5, 5.41) is 6.31. The highest BCUT2D eigenvalue weighted by atomic mass is 16.5. The number of ether oxygens (including phenoxy) is 1. The second kappa shape index (κ2) is 10.7. The van der Waals surface area contributed by atoms with E-state index in [9.17, 15) is 9.59 Å². The maximum absolute atomic E-state index is 13.0. The van der Waals surface area contributed by atoms with Gasteiger partial charge in [0.25, 0.3) is 11.8 Å². The zero-order valence-corrected chi connectivity index (χ0v) is 21.5. The molecule has 2 fully saturated rings. The molecule has 2 N–H and O–H groups in total. The maximum atomic E-state index is 13.0. The molecule has 0 radical (unpaired) electrons. The minimum absolute atomic E-state index is 0.0410. The average molecular weight is 479 g/mol. The lowest BCUT2D eigenvalue weighted by molar-refractivity contribution is 0.0924. The van der Waals surface area contributed by atoms with Crippen LogP contribution in [-0.2, 0) is 0 Å². The SMILES string of the molecule is COc1cccc(C(=O)NC2CC3CCCN(c4ccc(C(=O)N[C@H](C)C(C)C)cn4)C3C2)c1C. The molecule has 1 aromatic carbocycles. The van der Waals surface area contributed by atoms with Gasteiger partial charge in [0.2, 0.25) is 0 Å². The predicted molar refractivity (Wildman–Crippen MR) is 138 cm³/mol. The van der Waals surface area contributed by atoms with Crippen molar-refractivity contribution in [2.24, 2.45) is 11.8 Å². The number of nitrogens with one attached hydrogen (secondary N) is 2. The van der Waals surface area contributed by atoms with Crippen LogP contribution >= 0.6 is 0 Å². The van der Waals surface area contributed by atoms with Crippen molar-refractivity contribution in [2.75, 3.05) is 18.6 Å². The summed E-state index contributed by atoms with van der Waals surface area (Å²) in [7, 11) is 1.62. The molecular weight excluding hydrogens is 440 g/mol. The highest BCUT2D eigenvalue weighted by Crippen LogP contribution is 2.39. The summed E-state index contributed by atoms with van der Waals surface area (Å²) in [5.74, 6) is 2.41.